The van der Waals surface area contributed by atoms with Gasteiger partial charge in [-0.1, -0.05) is 175 Å². The number of ether oxygens (including phenoxy) is 3. The van der Waals surface area contributed by atoms with E-state index in [1.807, 2.05) is 13.1 Å². The number of esters is 2. The number of nitrogens with one attached hydrogen (secondary N) is 1. The van der Waals surface area contributed by atoms with E-state index in [0.717, 1.165) is 89.4 Å². The van der Waals surface area contributed by atoms with E-state index in [9.17, 15) is 14.4 Å². The lowest BCUT2D eigenvalue weighted by molar-refractivity contribution is -0.146. The van der Waals surface area contributed by atoms with Crippen molar-refractivity contribution >= 4 is 18.0 Å². The summed E-state index contributed by atoms with van der Waals surface area (Å²) in [5.41, 5.74) is 0. The monoisotopic (exact) mass is 832 g/mol. The number of alkyl carbamates (subject to hydrolysis) is 1. The quantitative estimate of drug-likeness (QED) is 0.0396. The zero-order valence-corrected chi connectivity index (χ0v) is 39.0. The number of carbonyl (C=O) groups excluding carboxylic acids is 3. The maximum atomic E-state index is 13.1. The van der Waals surface area contributed by atoms with Crippen molar-refractivity contribution in [2.75, 3.05) is 19.8 Å². The molecule has 1 N–H and O–H groups in total. The normalized spacial score (nSPS) is 12.3. The van der Waals surface area contributed by atoms with Gasteiger partial charge in [0.15, 0.2) is 0 Å². The fraction of sp³-hybridized carbons (Fsp3) is 0.880. The van der Waals surface area contributed by atoms with E-state index in [-0.39, 0.29) is 24.6 Å². The van der Waals surface area contributed by atoms with Crippen LogP contribution in [0.15, 0.2) is 12.4 Å². The highest BCUT2D eigenvalue weighted by Crippen LogP contribution is 2.23. The first-order valence-corrected chi connectivity index (χ1v) is 25.1. The number of hydrogen-bond acceptors (Lipinski definition) is 7. The van der Waals surface area contributed by atoms with Gasteiger partial charge in [0.1, 0.15) is 11.9 Å². The molecule has 1 heterocycles. The van der Waals surface area contributed by atoms with Crippen molar-refractivity contribution in [1.82, 2.24) is 14.9 Å². The lowest BCUT2D eigenvalue weighted by atomic mass is 9.91. The third kappa shape index (κ3) is 34.8. The molecule has 1 aromatic heterocycles. The summed E-state index contributed by atoms with van der Waals surface area (Å²) in [4.78, 5) is 42.1. The number of amides is 1. The van der Waals surface area contributed by atoms with E-state index in [1.165, 1.54) is 122 Å². The Morgan fingerprint density at radius 2 is 1.07 bits per heavy atom. The van der Waals surface area contributed by atoms with Crippen LogP contribution in [0.2, 0.25) is 0 Å². The minimum absolute atomic E-state index is 0.0445. The molecule has 2 unspecified atom stereocenters. The molecule has 1 aromatic rings. The molecule has 9 heteroatoms. The summed E-state index contributed by atoms with van der Waals surface area (Å²) in [5.74, 6) is 1.21. The Bertz CT molecular complexity index is 1110. The molecule has 1 rings (SSSR count). The first kappa shape index (κ1) is 54.4. The summed E-state index contributed by atoms with van der Waals surface area (Å²) < 4.78 is 19.2. The summed E-state index contributed by atoms with van der Waals surface area (Å²) in [6.45, 7) is 10.8. The predicted octanol–water partition coefficient (Wildman–Crippen LogP) is 14.3. The lowest BCUT2D eigenvalue weighted by Crippen LogP contribution is -2.31. The van der Waals surface area contributed by atoms with Crippen LogP contribution in [0.3, 0.4) is 0 Å². The molecule has 1 amide bonds. The minimum Gasteiger partial charge on any atom is -0.466 e. The van der Waals surface area contributed by atoms with E-state index >= 15 is 0 Å². The first-order valence-electron chi connectivity index (χ1n) is 25.1. The Morgan fingerprint density at radius 1 is 0.576 bits per heavy atom. The van der Waals surface area contributed by atoms with E-state index in [1.54, 1.807) is 6.20 Å². The molecule has 0 spiro atoms. The van der Waals surface area contributed by atoms with Crippen LogP contribution in [0.5, 0.6) is 0 Å². The highest BCUT2D eigenvalue weighted by atomic mass is 16.6. The highest BCUT2D eigenvalue weighted by Gasteiger charge is 2.18. The number of aryl methyl sites for hydroxylation is 2. The van der Waals surface area contributed by atoms with Gasteiger partial charge in [-0.05, 0) is 57.8 Å². The molecule has 0 aromatic carbocycles. The largest absolute Gasteiger partial charge is 0.466 e. The summed E-state index contributed by atoms with van der Waals surface area (Å²) >= 11 is 0. The second-order valence-corrected chi connectivity index (χ2v) is 17.4. The Morgan fingerprint density at radius 3 is 1.61 bits per heavy atom. The maximum absolute atomic E-state index is 13.1. The molecule has 0 aliphatic carbocycles. The molecule has 0 saturated heterocycles. The molecule has 0 bridgehead atoms. The molecule has 0 aliphatic rings. The van der Waals surface area contributed by atoms with E-state index in [4.69, 9.17) is 14.2 Å². The van der Waals surface area contributed by atoms with Gasteiger partial charge in [0, 0.05) is 44.7 Å². The number of hydrogen-bond donors (Lipinski definition) is 1. The van der Waals surface area contributed by atoms with Gasteiger partial charge in [0.05, 0.1) is 13.2 Å². The van der Waals surface area contributed by atoms with Crippen LogP contribution in [0.4, 0.5) is 4.79 Å². The van der Waals surface area contributed by atoms with Crippen molar-refractivity contribution in [3.8, 4) is 0 Å². The lowest BCUT2D eigenvalue weighted by Gasteiger charge is -2.20. The summed E-state index contributed by atoms with van der Waals surface area (Å²) in [5, 5.41) is 2.93. The topological polar surface area (TPSA) is 109 Å². The molecular formula is C50H93N3O6. The predicted molar refractivity (Wildman–Crippen MR) is 245 cm³/mol. The number of imidazole rings is 1. The third-order valence-electron chi connectivity index (χ3n) is 11.8. The molecule has 2 atom stereocenters. The Balaban J connectivity index is 2.46. The average Bonchev–Trinajstić information content (AvgIpc) is 3.64. The maximum Gasteiger partial charge on any atom is 0.407 e. The summed E-state index contributed by atoms with van der Waals surface area (Å²) in [7, 11) is 0. The van der Waals surface area contributed by atoms with Crippen molar-refractivity contribution in [1.29, 1.82) is 0 Å². The molecule has 9 nitrogen and oxygen atoms in total. The van der Waals surface area contributed by atoms with Crippen molar-refractivity contribution in [2.24, 2.45) is 5.92 Å². The number of unbranched alkanes of at least 4 members (excludes halogenated alkanes) is 23. The molecule has 59 heavy (non-hydrogen) atoms. The van der Waals surface area contributed by atoms with Crippen LogP contribution < -0.4 is 5.32 Å². The number of carbonyl (C=O) groups is 3. The van der Waals surface area contributed by atoms with Gasteiger partial charge in [0.25, 0.3) is 0 Å². The van der Waals surface area contributed by atoms with Gasteiger partial charge >= 0.3 is 18.0 Å². The fourth-order valence-corrected chi connectivity index (χ4v) is 7.93. The van der Waals surface area contributed by atoms with Gasteiger partial charge in [-0.2, -0.15) is 0 Å². The molecule has 0 radical (unpaired) electrons. The summed E-state index contributed by atoms with van der Waals surface area (Å²) in [6.07, 6.45) is 41.0. The highest BCUT2D eigenvalue weighted by molar-refractivity contribution is 5.70. The van der Waals surface area contributed by atoms with Crippen LogP contribution in [0.1, 0.15) is 245 Å². The molecular weight excluding hydrogens is 739 g/mol. The van der Waals surface area contributed by atoms with Crippen LogP contribution in [0.25, 0.3) is 0 Å². The number of rotatable bonds is 43. The van der Waals surface area contributed by atoms with Gasteiger partial charge < -0.3 is 24.1 Å². The standard InChI is InChI=1S/C50H93N3O6/c1-5-8-11-14-16-19-24-28-34-46(33-27-23-15-12-9-6-2)44-49(55)58-43-37-47(59-50(56)52-38-32-40-53-41-39-51-45(53)4)35-29-25-20-17-18-21-26-31-42-57-48(54)36-30-22-13-10-7-3/h39,41,46-47H,5-38,40,42-44H2,1-4H3,(H,52,56). The first-order chi connectivity index (χ1) is 28.9. The van der Waals surface area contributed by atoms with Gasteiger partial charge in [-0.3, -0.25) is 9.59 Å². The van der Waals surface area contributed by atoms with Crippen molar-refractivity contribution in [3.05, 3.63) is 18.2 Å². The minimum atomic E-state index is -0.398. The summed E-state index contributed by atoms with van der Waals surface area (Å²) in [6, 6.07) is 0. The van der Waals surface area contributed by atoms with Crippen molar-refractivity contribution in [2.45, 2.75) is 259 Å². The smallest absolute Gasteiger partial charge is 0.407 e. The third-order valence-corrected chi connectivity index (χ3v) is 11.8. The second-order valence-electron chi connectivity index (χ2n) is 17.4. The van der Waals surface area contributed by atoms with Gasteiger partial charge in [-0.25, -0.2) is 9.78 Å². The Kier molecular flexibility index (Phi) is 37.7. The van der Waals surface area contributed by atoms with Gasteiger partial charge in [-0.15, -0.1) is 0 Å². The zero-order valence-electron chi connectivity index (χ0n) is 39.0. The number of aromatic nitrogens is 2. The molecule has 0 aliphatic heterocycles. The molecule has 0 fully saturated rings. The Labute approximate surface area is 363 Å². The fourth-order valence-electron chi connectivity index (χ4n) is 7.93. The Hall–Kier alpha value is -2.58. The molecule has 344 valence electrons. The average molecular weight is 832 g/mol. The SMILES string of the molecule is CCCCCCCCCCC(CCCCCCCC)CC(=O)OCCC(CCCCCCCCCCOC(=O)CCCCCCC)OC(=O)NCCCn1ccnc1C. The van der Waals surface area contributed by atoms with Crippen LogP contribution >= 0.6 is 0 Å². The van der Waals surface area contributed by atoms with Crippen LogP contribution in [0, 0.1) is 12.8 Å². The van der Waals surface area contributed by atoms with Crippen LogP contribution in [-0.2, 0) is 30.3 Å². The number of nitrogens with zero attached hydrogens (tertiary/aromatic N) is 2. The van der Waals surface area contributed by atoms with Crippen LogP contribution in [-0.4, -0.2) is 53.4 Å². The van der Waals surface area contributed by atoms with Crippen molar-refractivity contribution in [3.63, 3.8) is 0 Å². The van der Waals surface area contributed by atoms with Crippen molar-refractivity contribution < 1.29 is 28.6 Å². The van der Waals surface area contributed by atoms with Gasteiger partial charge in [0.2, 0.25) is 0 Å². The molecule has 0 saturated carbocycles. The van der Waals surface area contributed by atoms with E-state index in [0.29, 0.717) is 38.3 Å². The van der Waals surface area contributed by atoms with E-state index in [2.05, 4.69) is 35.6 Å². The van der Waals surface area contributed by atoms with E-state index < -0.39 is 6.09 Å². The second kappa shape index (κ2) is 40.8. The zero-order chi connectivity index (χ0) is 42.9.